The lowest BCUT2D eigenvalue weighted by Gasteiger charge is -2.14. The number of nitrogens with one attached hydrogen (secondary N) is 2. The molecule has 0 spiro atoms. The second kappa shape index (κ2) is 13.2. The molecule has 3 N–H and O–H groups in total. The zero-order valence-electron chi connectivity index (χ0n) is 19.4. The van der Waals surface area contributed by atoms with E-state index in [9.17, 15) is 24.3 Å². The fraction of sp³-hybridized carbons (Fsp3) is 0.120. The Balaban J connectivity index is 1.61. The van der Waals surface area contributed by atoms with Crippen molar-refractivity contribution in [2.24, 2.45) is 0 Å². The van der Waals surface area contributed by atoms with Crippen LogP contribution in [0.3, 0.4) is 0 Å². The Labute approximate surface area is 241 Å². The number of aromatic carboxylic acids is 1. The summed E-state index contributed by atoms with van der Waals surface area (Å²) >= 11 is 25.3. The van der Waals surface area contributed by atoms with Crippen molar-refractivity contribution in [3.63, 3.8) is 0 Å². The Morgan fingerprint density at radius 1 is 0.789 bits per heavy atom. The summed E-state index contributed by atoms with van der Waals surface area (Å²) in [5, 5.41) is 13.5. The molecular formula is C25H18Cl4N2O6S. The van der Waals surface area contributed by atoms with Crippen molar-refractivity contribution in [3.8, 4) is 0 Å². The SMILES string of the molecule is CCOC(=O)c1ccc(NC(=O)CSc2ccc(NC(=O)c3c(Cl)c(Cl)c(Cl)c(Cl)c3C(=O)O)cc2)cc1. The van der Waals surface area contributed by atoms with Crippen molar-refractivity contribution in [3.05, 3.63) is 85.3 Å². The molecule has 3 aromatic carbocycles. The first-order valence-corrected chi connectivity index (χ1v) is 13.2. The molecule has 38 heavy (non-hydrogen) atoms. The number of carboxylic acid groups (broad SMARTS) is 1. The highest BCUT2D eigenvalue weighted by atomic mass is 35.5. The zero-order chi connectivity index (χ0) is 28.0. The van der Waals surface area contributed by atoms with Gasteiger partial charge in [-0.3, -0.25) is 9.59 Å². The fourth-order valence-electron chi connectivity index (χ4n) is 3.12. The van der Waals surface area contributed by atoms with Crippen molar-refractivity contribution in [1.82, 2.24) is 0 Å². The summed E-state index contributed by atoms with van der Waals surface area (Å²) in [4.78, 5) is 49.3. The molecule has 0 atom stereocenters. The Morgan fingerprint density at radius 2 is 1.32 bits per heavy atom. The van der Waals surface area contributed by atoms with E-state index in [0.29, 0.717) is 16.9 Å². The summed E-state index contributed by atoms with van der Waals surface area (Å²) in [6.45, 7) is 1.99. The molecule has 2 amide bonds. The van der Waals surface area contributed by atoms with Crippen LogP contribution in [0, 0.1) is 0 Å². The maximum Gasteiger partial charge on any atom is 0.338 e. The highest BCUT2D eigenvalue weighted by Crippen LogP contribution is 2.41. The van der Waals surface area contributed by atoms with Crippen molar-refractivity contribution >= 4 is 93.3 Å². The molecule has 0 aromatic heterocycles. The van der Waals surface area contributed by atoms with Crippen LogP contribution in [0.1, 0.15) is 38.0 Å². The van der Waals surface area contributed by atoms with Crippen LogP contribution in [0.4, 0.5) is 11.4 Å². The Hall–Kier alpha value is -2.95. The molecule has 0 aliphatic heterocycles. The lowest BCUT2D eigenvalue weighted by atomic mass is 10.1. The van der Waals surface area contributed by atoms with Crippen LogP contribution in [0.5, 0.6) is 0 Å². The Kier molecular flexibility index (Phi) is 10.3. The monoisotopic (exact) mass is 614 g/mol. The van der Waals surface area contributed by atoms with Crippen LogP contribution in [0.15, 0.2) is 53.4 Å². The van der Waals surface area contributed by atoms with Gasteiger partial charge in [-0.15, -0.1) is 11.8 Å². The van der Waals surface area contributed by atoms with E-state index in [1.165, 1.54) is 11.8 Å². The topological polar surface area (TPSA) is 122 Å². The largest absolute Gasteiger partial charge is 0.478 e. The third kappa shape index (κ3) is 7.12. The van der Waals surface area contributed by atoms with Gasteiger partial charge in [0.15, 0.2) is 0 Å². The Bertz CT molecular complexity index is 1400. The first kappa shape index (κ1) is 29.6. The number of hydrogen-bond donors (Lipinski definition) is 3. The van der Waals surface area contributed by atoms with E-state index < -0.39 is 34.0 Å². The van der Waals surface area contributed by atoms with Crippen LogP contribution in [-0.4, -0.2) is 41.2 Å². The van der Waals surface area contributed by atoms with E-state index in [-0.39, 0.29) is 33.3 Å². The average Bonchev–Trinajstić information content (AvgIpc) is 2.89. The minimum Gasteiger partial charge on any atom is -0.478 e. The van der Waals surface area contributed by atoms with Gasteiger partial charge in [0.2, 0.25) is 5.91 Å². The fourth-order valence-corrected chi connectivity index (χ4v) is 4.84. The second-order valence-electron chi connectivity index (χ2n) is 7.42. The number of benzene rings is 3. The summed E-state index contributed by atoms with van der Waals surface area (Å²) in [7, 11) is 0. The molecule has 3 aromatic rings. The number of ether oxygens (including phenoxy) is 1. The molecule has 3 rings (SSSR count). The van der Waals surface area contributed by atoms with Crippen LogP contribution in [0.2, 0.25) is 20.1 Å². The average molecular weight is 616 g/mol. The highest BCUT2D eigenvalue weighted by Gasteiger charge is 2.29. The number of halogens is 4. The smallest absolute Gasteiger partial charge is 0.338 e. The van der Waals surface area contributed by atoms with E-state index in [0.717, 1.165) is 4.90 Å². The first-order chi connectivity index (χ1) is 18.0. The normalized spacial score (nSPS) is 10.6. The molecule has 13 heteroatoms. The van der Waals surface area contributed by atoms with E-state index in [4.69, 9.17) is 51.1 Å². The molecule has 0 fully saturated rings. The van der Waals surface area contributed by atoms with E-state index in [1.54, 1.807) is 55.5 Å². The highest BCUT2D eigenvalue weighted by molar-refractivity contribution is 8.00. The number of rotatable bonds is 9. The summed E-state index contributed by atoms with van der Waals surface area (Å²) in [6, 6.07) is 12.8. The molecule has 0 aliphatic carbocycles. The maximum atomic E-state index is 12.8. The number of carbonyl (C=O) groups excluding carboxylic acids is 3. The van der Waals surface area contributed by atoms with Crippen molar-refractivity contribution < 1.29 is 29.0 Å². The number of esters is 1. The molecule has 198 valence electrons. The van der Waals surface area contributed by atoms with Crippen LogP contribution >= 0.6 is 58.2 Å². The predicted octanol–water partition coefficient (Wildman–Crippen LogP) is 7.16. The number of carboxylic acids is 1. The number of amides is 2. The molecule has 0 aliphatic rings. The third-order valence-corrected chi connectivity index (χ3v) is 7.68. The van der Waals surface area contributed by atoms with Crippen molar-refractivity contribution in [2.75, 3.05) is 23.0 Å². The van der Waals surface area contributed by atoms with E-state index in [1.807, 2.05) is 0 Å². The van der Waals surface area contributed by atoms with Crippen LogP contribution in [0.25, 0.3) is 0 Å². The van der Waals surface area contributed by atoms with Gasteiger partial charge in [-0.1, -0.05) is 46.4 Å². The van der Waals surface area contributed by atoms with Gasteiger partial charge >= 0.3 is 11.9 Å². The maximum absolute atomic E-state index is 12.8. The van der Waals surface area contributed by atoms with E-state index in [2.05, 4.69) is 10.6 Å². The zero-order valence-corrected chi connectivity index (χ0v) is 23.3. The third-order valence-electron chi connectivity index (χ3n) is 4.87. The molecule has 0 heterocycles. The van der Waals surface area contributed by atoms with Gasteiger partial charge in [-0.2, -0.15) is 0 Å². The first-order valence-electron chi connectivity index (χ1n) is 10.7. The standard InChI is InChI=1S/C25H18Cl4N2O6S/c1-2-37-25(36)12-3-5-13(6-4-12)30-16(32)11-38-15-9-7-14(8-10-15)31-23(33)17-18(24(34)35)20(27)22(29)21(28)19(17)26/h3-10H,2,11H2,1H3,(H,30,32)(H,31,33)(H,34,35). The lowest BCUT2D eigenvalue weighted by molar-refractivity contribution is -0.113. The molecule has 0 saturated heterocycles. The quantitative estimate of drug-likeness (QED) is 0.101. The van der Waals surface area contributed by atoms with Crippen molar-refractivity contribution in [2.45, 2.75) is 11.8 Å². The van der Waals surface area contributed by atoms with Crippen LogP contribution < -0.4 is 10.6 Å². The molecular weight excluding hydrogens is 598 g/mol. The predicted molar refractivity (Wildman–Crippen MR) is 150 cm³/mol. The summed E-state index contributed by atoms with van der Waals surface area (Å²) in [5.74, 6) is -2.94. The van der Waals surface area contributed by atoms with Gasteiger partial charge in [-0.25, -0.2) is 9.59 Å². The Morgan fingerprint density at radius 3 is 1.87 bits per heavy atom. The molecule has 0 radical (unpaired) electrons. The van der Waals surface area contributed by atoms with Gasteiger partial charge in [0.1, 0.15) is 0 Å². The molecule has 8 nitrogen and oxygen atoms in total. The summed E-state index contributed by atoms with van der Waals surface area (Å²) in [5.41, 5.74) is 0.250. The number of hydrogen-bond acceptors (Lipinski definition) is 6. The van der Waals surface area contributed by atoms with Gasteiger partial charge in [0.25, 0.3) is 5.91 Å². The van der Waals surface area contributed by atoms with Gasteiger partial charge in [0.05, 0.1) is 49.1 Å². The number of carbonyl (C=O) groups is 4. The van der Waals surface area contributed by atoms with Gasteiger partial charge in [-0.05, 0) is 55.5 Å². The van der Waals surface area contributed by atoms with Gasteiger partial charge in [0, 0.05) is 16.3 Å². The van der Waals surface area contributed by atoms with E-state index >= 15 is 0 Å². The summed E-state index contributed by atoms with van der Waals surface area (Å²) < 4.78 is 4.92. The minimum absolute atomic E-state index is 0.102. The molecule has 0 saturated carbocycles. The summed E-state index contributed by atoms with van der Waals surface area (Å²) in [6.07, 6.45) is 0. The molecule has 0 unspecified atom stereocenters. The van der Waals surface area contributed by atoms with Crippen molar-refractivity contribution in [1.29, 1.82) is 0 Å². The number of anilines is 2. The second-order valence-corrected chi connectivity index (χ2v) is 9.98. The number of thioether (sulfide) groups is 1. The minimum atomic E-state index is -1.50. The lowest BCUT2D eigenvalue weighted by Crippen LogP contribution is -2.18. The van der Waals surface area contributed by atoms with Crippen LogP contribution in [-0.2, 0) is 9.53 Å². The van der Waals surface area contributed by atoms with Gasteiger partial charge < -0.3 is 20.5 Å². The molecule has 0 bridgehead atoms.